The predicted octanol–water partition coefficient (Wildman–Crippen LogP) is 3.01. The molecule has 2 rings (SSSR count). The Balaban J connectivity index is 2.58. The van der Waals surface area contributed by atoms with Crippen molar-refractivity contribution < 1.29 is 9.52 Å². The molecule has 1 unspecified atom stereocenters. The highest BCUT2D eigenvalue weighted by Gasteiger charge is 2.10. The van der Waals surface area contributed by atoms with Gasteiger partial charge in [-0.05, 0) is 30.7 Å². The summed E-state index contributed by atoms with van der Waals surface area (Å²) in [6.45, 7) is 1.75. The van der Waals surface area contributed by atoms with Gasteiger partial charge in [0.05, 0.1) is 12.4 Å². The van der Waals surface area contributed by atoms with Crippen LogP contribution in [0.3, 0.4) is 0 Å². The highest BCUT2D eigenvalue weighted by atomic mass is 35.5. The maximum atomic E-state index is 9.34. The summed E-state index contributed by atoms with van der Waals surface area (Å²) >= 11 is 6.05. The van der Waals surface area contributed by atoms with Crippen LogP contribution < -0.4 is 0 Å². The third kappa shape index (κ3) is 1.63. The van der Waals surface area contributed by atoms with Crippen molar-refractivity contribution in [2.45, 2.75) is 19.4 Å². The largest absolute Gasteiger partial charge is 0.464 e. The first-order valence-corrected chi connectivity index (χ1v) is 4.89. The molecular formula is C11H11ClO2. The summed E-state index contributed by atoms with van der Waals surface area (Å²) in [4.78, 5) is 0. The molecule has 0 saturated heterocycles. The van der Waals surface area contributed by atoms with Crippen molar-refractivity contribution in [3.8, 4) is 0 Å². The topological polar surface area (TPSA) is 33.4 Å². The first kappa shape index (κ1) is 9.56. The first-order chi connectivity index (χ1) is 6.68. The Kier molecular flexibility index (Phi) is 2.48. The molecule has 0 amide bonds. The van der Waals surface area contributed by atoms with Gasteiger partial charge in [-0.2, -0.15) is 0 Å². The normalized spacial score (nSPS) is 13.4. The van der Waals surface area contributed by atoms with E-state index in [9.17, 15) is 5.11 Å². The molecule has 0 fully saturated rings. The third-order valence-corrected chi connectivity index (χ3v) is 2.54. The highest BCUT2D eigenvalue weighted by molar-refractivity contribution is 6.32. The Morgan fingerprint density at radius 2 is 2.21 bits per heavy atom. The molecule has 0 aliphatic carbocycles. The van der Waals surface area contributed by atoms with Crippen LogP contribution >= 0.6 is 11.6 Å². The SMILES string of the molecule is CC(O)Cc1c(Cl)ccc2occc12. The second-order valence-electron chi connectivity index (χ2n) is 3.41. The number of rotatable bonds is 2. The Labute approximate surface area is 87.1 Å². The van der Waals surface area contributed by atoms with Gasteiger partial charge in [-0.15, -0.1) is 0 Å². The fourth-order valence-corrected chi connectivity index (χ4v) is 1.82. The molecular weight excluding hydrogens is 200 g/mol. The van der Waals surface area contributed by atoms with Gasteiger partial charge < -0.3 is 9.52 Å². The van der Waals surface area contributed by atoms with Crippen LogP contribution in [-0.2, 0) is 6.42 Å². The van der Waals surface area contributed by atoms with Crippen LogP contribution in [0.15, 0.2) is 28.9 Å². The van der Waals surface area contributed by atoms with Crippen LogP contribution in [0.2, 0.25) is 5.02 Å². The highest BCUT2D eigenvalue weighted by Crippen LogP contribution is 2.27. The molecule has 74 valence electrons. The molecule has 0 aliphatic heterocycles. The van der Waals surface area contributed by atoms with Crippen molar-refractivity contribution >= 4 is 22.6 Å². The lowest BCUT2D eigenvalue weighted by atomic mass is 10.0. The molecule has 14 heavy (non-hydrogen) atoms. The zero-order valence-corrected chi connectivity index (χ0v) is 8.58. The molecule has 2 aromatic rings. The fraction of sp³-hybridized carbons (Fsp3) is 0.273. The molecule has 0 bridgehead atoms. The van der Waals surface area contributed by atoms with Crippen molar-refractivity contribution in [2.24, 2.45) is 0 Å². The van der Waals surface area contributed by atoms with Crippen LogP contribution in [0.1, 0.15) is 12.5 Å². The molecule has 0 saturated carbocycles. The number of halogens is 1. The minimum atomic E-state index is -0.395. The zero-order valence-electron chi connectivity index (χ0n) is 7.83. The predicted molar refractivity (Wildman–Crippen MR) is 56.6 cm³/mol. The number of furan rings is 1. The zero-order chi connectivity index (χ0) is 10.1. The number of benzene rings is 1. The summed E-state index contributed by atoms with van der Waals surface area (Å²) < 4.78 is 5.25. The summed E-state index contributed by atoms with van der Waals surface area (Å²) in [5.41, 5.74) is 1.76. The van der Waals surface area contributed by atoms with Crippen molar-refractivity contribution in [3.63, 3.8) is 0 Å². The van der Waals surface area contributed by atoms with Crippen LogP contribution in [-0.4, -0.2) is 11.2 Å². The maximum Gasteiger partial charge on any atom is 0.134 e. The second-order valence-corrected chi connectivity index (χ2v) is 3.82. The molecule has 3 heteroatoms. The quantitative estimate of drug-likeness (QED) is 0.827. The van der Waals surface area contributed by atoms with E-state index in [1.54, 1.807) is 19.3 Å². The Morgan fingerprint density at radius 1 is 1.43 bits per heavy atom. The van der Waals surface area contributed by atoms with Gasteiger partial charge in [0.1, 0.15) is 5.58 Å². The van der Waals surface area contributed by atoms with E-state index in [-0.39, 0.29) is 0 Å². The molecule has 1 aromatic carbocycles. The van der Waals surface area contributed by atoms with E-state index >= 15 is 0 Å². The van der Waals surface area contributed by atoms with E-state index in [0.29, 0.717) is 11.4 Å². The standard InChI is InChI=1S/C11H11ClO2/c1-7(13)6-9-8-4-5-14-11(8)3-2-10(9)12/h2-5,7,13H,6H2,1H3. The molecule has 1 heterocycles. The van der Waals surface area contributed by atoms with E-state index in [1.807, 2.05) is 12.1 Å². The van der Waals surface area contributed by atoms with Gasteiger partial charge in [0.15, 0.2) is 0 Å². The van der Waals surface area contributed by atoms with Crippen LogP contribution in [0.4, 0.5) is 0 Å². The summed E-state index contributed by atoms with van der Waals surface area (Å²) in [5.74, 6) is 0. The van der Waals surface area contributed by atoms with E-state index in [4.69, 9.17) is 16.0 Å². The summed E-state index contributed by atoms with van der Waals surface area (Å²) in [6, 6.07) is 5.51. The Hall–Kier alpha value is -0.990. The maximum absolute atomic E-state index is 9.34. The lowest BCUT2D eigenvalue weighted by molar-refractivity contribution is 0.196. The van der Waals surface area contributed by atoms with Crippen molar-refractivity contribution in [1.29, 1.82) is 0 Å². The van der Waals surface area contributed by atoms with Gasteiger partial charge in [0.25, 0.3) is 0 Å². The molecule has 0 spiro atoms. The lowest BCUT2D eigenvalue weighted by Gasteiger charge is -2.07. The second kappa shape index (κ2) is 3.64. The van der Waals surface area contributed by atoms with Gasteiger partial charge in [-0.25, -0.2) is 0 Å². The van der Waals surface area contributed by atoms with Gasteiger partial charge in [0, 0.05) is 16.8 Å². The molecule has 0 aliphatic rings. The summed E-state index contributed by atoms with van der Waals surface area (Å²) in [5, 5.41) is 11.0. The van der Waals surface area contributed by atoms with E-state index in [1.165, 1.54) is 0 Å². The number of hydrogen-bond donors (Lipinski definition) is 1. The van der Waals surface area contributed by atoms with Crippen molar-refractivity contribution in [2.75, 3.05) is 0 Å². The summed E-state index contributed by atoms with van der Waals surface area (Å²) in [7, 11) is 0. The number of hydrogen-bond acceptors (Lipinski definition) is 2. The smallest absolute Gasteiger partial charge is 0.134 e. The summed E-state index contributed by atoms with van der Waals surface area (Å²) in [6.07, 6.45) is 1.79. The first-order valence-electron chi connectivity index (χ1n) is 4.51. The average molecular weight is 211 g/mol. The van der Waals surface area contributed by atoms with E-state index < -0.39 is 6.10 Å². The number of aliphatic hydroxyl groups excluding tert-OH is 1. The van der Waals surface area contributed by atoms with Crippen molar-refractivity contribution in [3.05, 3.63) is 35.0 Å². The monoisotopic (exact) mass is 210 g/mol. The third-order valence-electron chi connectivity index (χ3n) is 2.19. The minimum Gasteiger partial charge on any atom is -0.464 e. The molecule has 2 nitrogen and oxygen atoms in total. The van der Waals surface area contributed by atoms with Crippen LogP contribution in [0.5, 0.6) is 0 Å². The van der Waals surface area contributed by atoms with Gasteiger partial charge in [0.2, 0.25) is 0 Å². The molecule has 0 radical (unpaired) electrons. The van der Waals surface area contributed by atoms with E-state index in [0.717, 1.165) is 16.5 Å². The molecule has 1 aromatic heterocycles. The lowest BCUT2D eigenvalue weighted by Crippen LogP contribution is -2.04. The van der Waals surface area contributed by atoms with Gasteiger partial charge >= 0.3 is 0 Å². The van der Waals surface area contributed by atoms with E-state index in [2.05, 4.69) is 0 Å². The fourth-order valence-electron chi connectivity index (χ4n) is 1.58. The van der Waals surface area contributed by atoms with Gasteiger partial charge in [-0.1, -0.05) is 11.6 Å². The average Bonchev–Trinajstić information content (AvgIpc) is 2.57. The minimum absolute atomic E-state index is 0.395. The van der Waals surface area contributed by atoms with Crippen LogP contribution in [0.25, 0.3) is 11.0 Å². The number of aliphatic hydroxyl groups is 1. The molecule has 1 N–H and O–H groups in total. The Morgan fingerprint density at radius 3 is 2.93 bits per heavy atom. The van der Waals surface area contributed by atoms with Gasteiger partial charge in [-0.3, -0.25) is 0 Å². The van der Waals surface area contributed by atoms with Crippen molar-refractivity contribution in [1.82, 2.24) is 0 Å². The molecule has 1 atom stereocenters. The van der Waals surface area contributed by atoms with Crippen LogP contribution in [0, 0.1) is 0 Å². The Bertz CT molecular complexity index is 445. The number of fused-ring (bicyclic) bond motifs is 1.